The summed E-state index contributed by atoms with van der Waals surface area (Å²) in [5.74, 6) is 0.264. The van der Waals surface area contributed by atoms with E-state index in [1.54, 1.807) is 51.3 Å². The standard InChI is InChI=1S/C24H37NO6/c1-6-16-28-19(2)10-8-7-9-17-29-21-13-11-20(12-14-21)22(26)30-18-15-25-23(27)31-24(3,4)5/h6,11-14,16,19H,7-10,15,17-18H2,1-5H3,(H,25,27). The molecule has 174 valence electrons. The zero-order valence-corrected chi connectivity index (χ0v) is 19.4. The molecule has 0 aliphatic carbocycles. The van der Waals surface area contributed by atoms with Gasteiger partial charge in [-0.3, -0.25) is 0 Å². The summed E-state index contributed by atoms with van der Waals surface area (Å²) < 4.78 is 21.5. The van der Waals surface area contributed by atoms with Crippen LogP contribution < -0.4 is 10.1 Å². The number of rotatable bonds is 13. The number of amides is 1. The number of esters is 1. The van der Waals surface area contributed by atoms with Crippen molar-refractivity contribution in [2.75, 3.05) is 19.8 Å². The molecule has 0 aliphatic rings. The van der Waals surface area contributed by atoms with Crippen LogP contribution in [0.3, 0.4) is 0 Å². The van der Waals surface area contributed by atoms with Gasteiger partial charge in [0.05, 0.1) is 31.1 Å². The Morgan fingerprint density at radius 1 is 1.06 bits per heavy atom. The number of hydrogen-bond donors (Lipinski definition) is 1. The summed E-state index contributed by atoms with van der Waals surface area (Å²) in [4.78, 5) is 23.6. The summed E-state index contributed by atoms with van der Waals surface area (Å²) in [6, 6.07) is 6.84. The molecule has 0 fully saturated rings. The summed E-state index contributed by atoms with van der Waals surface area (Å²) in [6.45, 7) is 10.2. The Kier molecular flexibility index (Phi) is 12.2. The van der Waals surface area contributed by atoms with Gasteiger partial charge in [0.2, 0.25) is 0 Å². The summed E-state index contributed by atoms with van der Waals surface area (Å²) in [5, 5.41) is 2.54. The molecule has 0 spiro atoms. The largest absolute Gasteiger partial charge is 0.499 e. The molecule has 1 amide bonds. The van der Waals surface area contributed by atoms with Crippen molar-refractivity contribution in [3.05, 3.63) is 42.2 Å². The normalized spacial score (nSPS) is 12.3. The predicted octanol–water partition coefficient (Wildman–Crippen LogP) is 5.25. The minimum absolute atomic E-state index is 0.0642. The second kappa shape index (κ2) is 14.3. The predicted molar refractivity (Wildman–Crippen MR) is 120 cm³/mol. The fraction of sp³-hybridized carbons (Fsp3) is 0.583. The highest BCUT2D eigenvalue weighted by atomic mass is 16.6. The van der Waals surface area contributed by atoms with Gasteiger partial charge in [-0.2, -0.15) is 0 Å². The highest BCUT2D eigenvalue weighted by Crippen LogP contribution is 2.14. The molecule has 0 saturated carbocycles. The number of alkyl carbamates (subject to hydrolysis) is 1. The summed E-state index contributed by atoms with van der Waals surface area (Å²) in [5.41, 5.74) is -0.135. The third kappa shape index (κ3) is 13.3. The lowest BCUT2D eigenvalue weighted by atomic mass is 10.1. The Labute approximate surface area is 186 Å². The van der Waals surface area contributed by atoms with Crippen LogP contribution in [-0.4, -0.2) is 43.5 Å². The van der Waals surface area contributed by atoms with Crippen molar-refractivity contribution in [3.63, 3.8) is 0 Å². The van der Waals surface area contributed by atoms with E-state index in [-0.39, 0.29) is 19.3 Å². The molecular formula is C24H37NO6. The number of hydrogen-bond acceptors (Lipinski definition) is 6. The van der Waals surface area contributed by atoms with E-state index >= 15 is 0 Å². The van der Waals surface area contributed by atoms with Gasteiger partial charge in [0.15, 0.2) is 0 Å². The van der Waals surface area contributed by atoms with E-state index in [1.165, 1.54) is 0 Å². The average molecular weight is 436 g/mol. The lowest BCUT2D eigenvalue weighted by molar-refractivity contribution is 0.0433. The molecule has 0 saturated heterocycles. The molecule has 0 aromatic heterocycles. The number of ether oxygens (including phenoxy) is 4. The number of benzene rings is 1. The van der Waals surface area contributed by atoms with Crippen LogP contribution in [0.5, 0.6) is 5.75 Å². The molecule has 1 unspecified atom stereocenters. The molecule has 1 atom stereocenters. The minimum atomic E-state index is -0.565. The number of carbonyl (C=O) groups is 2. The molecule has 0 radical (unpaired) electrons. The highest BCUT2D eigenvalue weighted by molar-refractivity contribution is 5.89. The number of nitrogens with one attached hydrogen (secondary N) is 1. The van der Waals surface area contributed by atoms with E-state index in [2.05, 4.69) is 12.2 Å². The second-order valence-electron chi connectivity index (χ2n) is 8.20. The van der Waals surface area contributed by atoms with Crippen LogP contribution in [0.2, 0.25) is 0 Å². The molecule has 1 aromatic rings. The lowest BCUT2D eigenvalue weighted by Crippen LogP contribution is -2.34. The Morgan fingerprint density at radius 3 is 2.42 bits per heavy atom. The molecule has 0 aliphatic heterocycles. The fourth-order valence-electron chi connectivity index (χ4n) is 2.56. The van der Waals surface area contributed by atoms with E-state index < -0.39 is 17.7 Å². The van der Waals surface area contributed by atoms with Crippen LogP contribution in [0.1, 0.15) is 70.7 Å². The molecule has 1 N–H and O–H groups in total. The second-order valence-corrected chi connectivity index (χ2v) is 8.20. The zero-order valence-electron chi connectivity index (χ0n) is 19.4. The van der Waals surface area contributed by atoms with Crippen LogP contribution in [0.15, 0.2) is 36.6 Å². The Balaban J connectivity index is 2.18. The zero-order chi connectivity index (χ0) is 23.1. The van der Waals surface area contributed by atoms with Gasteiger partial charge >= 0.3 is 12.1 Å². The summed E-state index contributed by atoms with van der Waals surface area (Å²) in [6.07, 6.45) is 7.46. The van der Waals surface area contributed by atoms with Crippen LogP contribution in [0.25, 0.3) is 0 Å². The van der Waals surface area contributed by atoms with Crippen molar-refractivity contribution in [2.24, 2.45) is 0 Å². The van der Waals surface area contributed by atoms with E-state index in [4.69, 9.17) is 18.9 Å². The van der Waals surface area contributed by atoms with Gasteiger partial charge in [-0.1, -0.05) is 6.08 Å². The number of carbonyl (C=O) groups excluding carboxylic acids is 2. The molecule has 0 bridgehead atoms. The maximum atomic E-state index is 12.1. The highest BCUT2D eigenvalue weighted by Gasteiger charge is 2.15. The first-order valence-electron chi connectivity index (χ1n) is 10.8. The molecule has 1 rings (SSSR count). The van der Waals surface area contributed by atoms with E-state index in [0.717, 1.165) is 25.7 Å². The first-order chi connectivity index (χ1) is 14.7. The summed E-state index contributed by atoms with van der Waals surface area (Å²) >= 11 is 0. The van der Waals surface area contributed by atoms with Crippen molar-refractivity contribution in [3.8, 4) is 5.75 Å². The van der Waals surface area contributed by atoms with Gasteiger partial charge < -0.3 is 24.3 Å². The SMILES string of the molecule is CC=COC(C)CCCCCOc1ccc(C(=O)OCCNC(=O)OC(C)(C)C)cc1. The molecule has 31 heavy (non-hydrogen) atoms. The smallest absolute Gasteiger partial charge is 0.407 e. The first kappa shape index (κ1) is 26.3. The fourth-order valence-corrected chi connectivity index (χ4v) is 2.56. The third-order valence-corrected chi connectivity index (χ3v) is 4.06. The van der Waals surface area contributed by atoms with Crippen LogP contribution in [0, 0.1) is 0 Å². The minimum Gasteiger partial charge on any atom is -0.499 e. The maximum Gasteiger partial charge on any atom is 0.407 e. The Morgan fingerprint density at radius 2 is 1.77 bits per heavy atom. The van der Waals surface area contributed by atoms with E-state index in [0.29, 0.717) is 17.9 Å². The van der Waals surface area contributed by atoms with Gasteiger partial charge in [0.1, 0.15) is 18.0 Å². The monoisotopic (exact) mass is 435 g/mol. The van der Waals surface area contributed by atoms with Crippen LogP contribution >= 0.6 is 0 Å². The van der Waals surface area contributed by atoms with Crippen molar-refractivity contribution in [2.45, 2.75) is 72.0 Å². The quantitative estimate of drug-likeness (QED) is 0.259. The Bertz CT molecular complexity index is 678. The van der Waals surface area contributed by atoms with Crippen molar-refractivity contribution in [1.82, 2.24) is 5.32 Å². The van der Waals surface area contributed by atoms with Crippen molar-refractivity contribution >= 4 is 12.1 Å². The third-order valence-electron chi connectivity index (χ3n) is 4.06. The lowest BCUT2D eigenvalue weighted by Gasteiger charge is -2.19. The maximum absolute atomic E-state index is 12.1. The van der Waals surface area contributed by atoms with Gasteiger partial charge in [-0.25, -0.2) is 9.59 Å². The molecule has 1 aromatic carbocycles. The van der Waals surface area contributed by atoms with E-state index in [1.807, 2.05) is 13.0 Å². The van der Waals surface area contributed by atoms with Crippen molar-refractivity contribution < 1.29 is 28.5 Å². The molecule has 7 heteroatoms. The number of allylic oxidation sites excluding steroid dienone is 1. The Hall–Kier alpha value is -2.70. The molecule has 0 heterocycles. The average Bonchev–Trinajstić information content (AvgIpc) is 2.71. The van der Waals surface area contributed by atoms with Gasteiger partial charge in [0, 0.05) is 0 Å². The topological polar surface area (TPSA) is 83.1 Å². The van der Waals surface area contributed by atoms with Gasteiger partial charge in [-0.05, 0) is 84.6 Å². The number of unbranched alkanes of at least 4 members (excludes halogenated alkanes) is 2. The van der Waals surface area contributed by atoms with Crippen molar-refractivity contribution in [1.29, 1.82) is 0 Å². The van der Waals surface area contributed by atoms with E-state index in [9.17, 15) is 9.59 Å². The summed E-state index contributed by atoms with van der Waals surface area (Å²) in [7, 11) is 0. The van der Waals surface area contributed by atoms with Gasteiger partial charge in [-0.15, -0.1) is 0 Å². The molecular weight excluding hydrogens is 398 g/mol. The molecule has 7 nitrogen and oxygen atoms in total. The van der Waals surface area contributed by atoms with Crippen LogP contribution in [0.4, 0.5) is 4.79 Å². The van der Waals surface area contributed by atoms with Gasteiger partial charge in [0.25, 0.3) is 0 Å². The van der Waals surface area contributed by atoms with Crippen LogP contribution in [-0.2, 0) is 14.2 Å². The first-order valence-corrected chi connectivity index (χ1v) is 10.8.